The highest BCUT2D eigenvalue weighted by molar-refractivity contribution is 7.90. The summed E-state index contributed by atoms with van der Waals surface area (Å²) in [6, 6.07) is 11.2. The summed E-state index contributed by atoms with van der Waals surface area (Å²) in [5, 5.41) is -0.409. The van der Waals surface area contributed by atoms with Gasteiger partial charge < -0.3 is 9.64 Å². The monoisotopic (exact) mass is 429 g/mol. The molecule has 7 nitrogen and oxygen atoms in total. The van der Waals surface area contributed by atoms with Crippen molar-refractivity contribution < 1.29 is 17.9 Å². The smallest absolute Gasteiger partial charge is 0.226 e. The quantitative estimate of drug-likeness (QED) is 0.727. The van der Waals surface area contributed by atoms with Gasteiger partial charge in [-0.25, -0.2) is 8.42 Å². The van der Waals surface area contributed by atoms with Gasteiger partial charge in [-0.1, -0.05) is 18.2 Å². The number of likely N-dealkylation sites (tertiary alicyclic amines) is 1. The van der Waals surface area contributed by atoms with Crippen LogP contribution in [0.2, 0.25) is 0 Å². The summed E-state index contributed by atoms with van der Waals surface area (Å²) in [4.78, 5) is 18.7. The van der Waals surface area contributed by atoms with Gasteiger partial charge in [-0.2, -0.15) is 4.31 Å². The fourth-order valence-electron chi connectivity index (χ4n) is 4.43. The van der Waals surface area contributed by atoms with Crippen molar-refractivity contribution in [2.24, 2.45) is 5.92 Å². The number of nitrogens with zero attached hydrogens (tertiary/aromatic N) is 3. The summed E-state index contributed by atoms with van der Waals surface area (Å²) in [5.74, 6) is 0.866. The van der Waals surface area contributed by atoms with Crippen LogP contribution in [-0.2, 0) is 27.8 Å². The SMILES string of the molecule is COc1ccc(CC(=O)N2CC[C@H]3CN(Cc4cccnc4)S(=O)(=O)[C@@H]3CC2)cc1. The minimum Gasteiger partial charge on any atom is -0.497 e. The number of ether oxygens (including phenoxy) is 1. The van der Waals surface area contributed by atoms with E-state index in [-0.39, 0.29) is 11.8 Å². The van der Waals surface area contributed by atoms with Crippen LogP contribution in [0.5, 0.6) is 5.75 Å². The molecule has 2 aromatic rings. The molecule has 2 atom stereocenters. The number of hydrogen-bond acceptors (Lipinski definition) is 5. The van der Waals surface area contributed by atoms with E-state index in [1.807, 2.05) is 41.3 Å². The Balaban J connectivity index is 1.38. The fourth-order valence-corrected chi connectivity index (χ4v) is 6.65. The second-order valence-electron chi connectivity index (χ2n) is 7.98. The molecule has 1 aromatic heterocycles. The van der Waals surface area contributed by atoms with Crippen molar-refractivity contribution in [1.82, 2.24) is 14.2 Å². The summed E-state index contributed by atoms with van der Waals surface area (Å²) in [7, 11) is -1.76. The summed E-state index contributed by atoms with van der Waals surface area (Å²) in [6.07, 6.45) is 4.92. The van der Waals surface area contributed by atoms with Crippen LogP contribution in [0.15, 0.2) is 48.8 Å². The van der Waals surface area contributed by atoms with Gasteiger partial charge in [0.15, 0.2) is 0 Å². The molecule has 0 aliphatic carbocycles. The number of fused-ring (bicyclic) bond motifs is 1. The van der Waals surface area contributed by atoms with Crippen molar-refractivity contribution in [1.29, 1.82) is 0 Å². The number of methoxy groups -OCH3 is 1. The summed E-state index contributed by atoms with van der Waals surface area (Å²) >= 11 is 0. The molecule has 4 rings (SSSR count). The molecule has 2 fully saturated rings. The molecule has 160 valence electrons. The molecular weight excluding hydrogens is 402 g/mol. The molecule has 8 heteroatoms. The zero-order valence-corrected chi connectivity index (χ0v) is 17.9. The van der Waals surface area contributed by atoms with Crippen LogP contribution in [0.1, 0.15) is 24.0 Å². The number of aromatic nitrogens is 1. The van der Waals surface area contributed by atoms with Crippen molar-refractivity contribution in [2.75, 3.05) is 26.7 Å². The first kappa shape index (κ1) is 20.8. The van der Waals surface area contributed by atoms with E-state index >= 15 is 0 Å². The molecule has 0 N–H and O–H groups in total. The lowest BCUT2D eigenvalue weighted by Crippen LogP contribution is -2.35. The van der Waals surface area contributed by atoms with Gasteiger partial charge in [-0.05, 0) is 48.1 Å². The average molecular weight is 430 g/mol. The van der Waals surface area contributed by atoms with Crippen molar-refractivity contribution in [3.8, 4) is 5.75 Å². The number of carbonyl (C=O) groups is 1. The van der Waals surface area contributed by atoms with Gasteiger partial charge in [0.1, 0.15) is 5.75 Å². The highest BCUT2D eigenvalue weighted by atomic mass is 32.2. The number of pyridine rings is 1. The Labute approximate surface area is 177 Å². The zero-order valence-electron chi connectivity index (χ0n) is 17.1. The number of benzene rings is 1. The first-order valence-electron chi connectivity index (χ1n) is 10.3. The van der Waals surface area contributed by atoms with Gasteiger partial charge in [0, 0.05) is 38.6 Å². The van der Waals surface area contributed by atoms with E-state index in [9.17, 15) is 13.2 Å². The van der Waals surface area contributed by atoms with Crippen LogP contribution in [0, 0.1) is 5.92 Å². The lowest BCUT2D eigenvalue weighted by molar-refractivity contribution is -0.130. The Hall–Kier alpha value is -2.45. The third-order valence-electron chi connectivity index (χ3n) is 6.11. The standard InChI is InChI=1S/C22H27N3O4S/c1-29-20-6-4-17(5-7-20)13-22(26)24-11-8-19-16-25(15-18-3-2-10-23-14-18)30(27,28)21(19)9-12-24/h2-7,10,14,19,21H,8-9,11-13,15-16H2,1H3/t19-,21+/m0/s1. The molecular formula is C22H27N3O4S. The van der Waals surface area contributed by atoms with Crippen molar-refractivity contribution in [2.45, 2.75) is 31.1 Å². The van der Waals surface area contributed by atoms with Gasteiger partial charge in [-0.15, -0.1) is 0 Å². The van der Waals surface area contributed by atoms with Crippen LogP contribution in [-0.4, -0.2) is 60.5 Å². The van der Waals surface area contributed by atoms with E-state index in [1.165, 1.54) is 0 Å². The first-order chi connectivity index (χ1) is 14.5. The number of carbonyl (C=O) groups excluding carboxylic acids is 1. The highest BCUT2D eigenvalue weighted by Crippen LogP contribution is 2.35. The molecule has 0 bridgehead atoms. The van der Waals surface area contributed by atoms with E-state index in [0.717, 1.165) is 16.9 Å². The first-order valence-corrected chi connectivity index (χ1v) is 11.8. The third kappa shape index (κ3) is 4.34. The van der Waals surface area contributed by atoms with E-state index in [2.05, 4.69) is 4.98 Å². The minimum absolute atomic E-state index is 0.0461. The Morgan fingerprint density at radius 2 is 1.90 bits per heavy atom. The molecule has 0 saturated carbocycles. The summed E-state index contributed by atoms with van der Waals surface area (Å²) < 4.78 is 33.0. The van der Waals surface area contributed by atoms with Crippen LogP contribution in [0.4, 0.5) is 0 Å². The lowest BCUT2D eigenvalue weighted by Gasteiger charge is -2.22. The predicted octanol–water partition coefficient (Wildman–Crippen LogP) is 2.09. The summed E-state index contributed by atoms with van der Waals surface area (Å²) in [5.41, 5.74) is 1.83. The van der Waals surface area contributed by atoms with Crippen LogP contribution < -0.4 is 4.74 Å². The maximum absolute atomic E-state index is 13.1. The van der Waals surface area contributed by atoms with E-state index in [0.29, 0.717) is 45.4 Å². The molecule has 3 heterocycles. The lowest BCUT2D eigenvalue weighted by atomic mass is 10.0. The molecule has 2 aliphatic rings. The van der Waals surface area contributed by atoms with Crippen LogP contribution in [0.3, 0.4) is 0 Å². The van der Waals surface area contributed by atoms with Gasteiger partial charge in [0.2, 0.25) is 15.9 Å². The van der Waals surface area contributed by atoms with Gasteiger partial charge in [0.05, 0.1) is 18.8 Å². The van der Waals surface area contributed by atoms with E-state index in [1.54, 1.807) is 23.8 Å². The van der Waals surface area contributed by atoms with E-state index in [4.69, 9.17) is 4.74 Å². The third-order valence-corrected chi connectivity index (χ3v) is 8.49. The van der Waals surface area contributed by atoms with E-state index < -0.39 is 15.3 Å². The molecule has 30 heavy (non-hydrogen) atoms. The molecule has 2 saturated heterocycles. The van der Waals surface area contributed by atoms with Gasteiger partial charge >= 0.3 is 0 Å². The summed E-state index contributed by atoms with van der Waals surface area (Å²) in [6.45, 7) is 1.97. The Morgan fingerprint density at radius 1 is 1.13 bits per heavy atom. The average Bonchev–Trinajstić information content (AvgIpc) is 2.89. The second-order valence-corrected chi connectivity index (χ2v) is 10.1. The van der Waals surface area contributed by atoms with Crippen molar-refractivity contribution in [3.63, 3.8) is 0 Å². The Morgan fingerprint density at radius 3 is 2.60 bits per heavy atom. The maximum Gasteiger partial charge on any atom is 0.226 e. The Kier molecular flexibility index (Phi) is 6.06. The number of rotatable bonds is 5. The number of hydrogen-bond donors (Lipinski definition) is 0. The largest absolute Gasteiger partial charge is 0.497 e. The van der Waals surface area contributed by atoms with Crippen LogP contribution in [0.25, 0.3) is 0 Å². The molecule has 1 amide bonds. The normalized spacial score (nSPS) is 23.6. The minimum atomic E-state index is -3.37. The Bertz CT molecular complexity index is 979. The molecule has 2 aliphatic heterocycles. The molecule has 0 radical (unpaired) electrons. The van der Waals surface area contributed by atoms with Crippen molar-refractivity contribution >= 4 is 15.9 Å². The molecule has 1 aromatic carbocycles. The zero-order chi connectivity index (χ0) is 21.1. The van der Waals surface area contributed by atoms with Gasteiger partial charge in [-0.3, -0.25) is 9.78 Å². The molecule has 0 unspecified atom stereocenters. The molecule has 0 spiro atoms. The van der Waals surface area contributed by atoms with Crippen LogP contribution >= 0.6 is 0 Å². The fraction of sp³-hybridized carbons (Fsp3) is 0.455. The second kappa shape index (κ2) is 8.73. The topological polar surface area (TPSA) is 79.8 Å². The number of sulfonamides is 1. The highest BCUT2D eigenvalue weighted by Gasteiger charge is 2.47. The maximum atomic E-state index is 13.1. The van der Waals surface area contributed by atoms with Crippen molar-refractivity contribution in [3.05, 3.63) is 59.9 Å². The predicted molar refractivity (Wildman–Crippen MR) is 113 cm³/mol. The van der Waals surface area contributed by atoms with Gasteiger partial charge in [0.25, 0.3) is 0 Å². The number of amides is 1.